The van der Waals surface area contributed by atoms with Gasteiger partial charge in [-0.25, -0.2) is 9.97 Å². The highest BCUT2D eigenvalue weighted by Crippen LogP contribution is 2.36. The van der Waals surface area contributed by atoms with Gasteiger partial charge >= 0.3 is 0 Å². The van der Waals surface area contributed by atoms with E-state index in [1.165, 1.54) is 12.8 Å². The van der Waals surface area contributed by atoms with E-state index in [0.717, 1.165) is 57.1 Å². The molecule has 0 radical (unpaired) electrons. The quantitative estimate of drug-likeness (QED) is 0.918. The molecule has 3 fully saturated rings. The van der Waals surface area contributed by atoms with Crippen LogP contribution in [0.5, 0.6) is 0 Å². The zero-order valence-corrected chi connectivity index (χ0v) is 15.0. The molecular weight excluding hydrogens is 300 g/mol. The highest BCUT2D eigenvalue weighted by atomic mass is 16.3. The van der Waals surface area contributed by atoms with Gasteiger partial charge in [0.25, 0.3) is 0 Å². The van der Waals surface area contributed by atoms with Crippen molar-refractivity contribution in [3.8, 4) is 0 Å². The highest BCUT2D eigenvalue weighted by molar-refractivity contribution is 5.41. The van der Waals surface area contributed by atoms with Gasteiger partial charge in [0.15, 0.2) is 0 Å². The van der Waals surface area contributed by atoms with E-state index in [0.29, 0.717) is 17.8 Å². The number of fused-ring (bicyclic) bond motifs is 1. The Labute approximate surface area is 145 Å². The van der Waals surface area contributed by atoms with Crippen molar-refractivity contribution in [2.75, 3.05) is 37.6 Å². The first-order valence-corrected chi connectivity index (χ1v) is 9.54. The molecule has 24 heavy (non-hydrogen) atoms. The van der Waals surface area contributed by atoms with Gasteiger partial charge in [0.05, 0.1) is 5.60 Å². The maximum Gasteiger partial charge on any atom is 0.132 e. The number of nitrogens with zero attached hydrogens (tertiary/aromatic N) is 4. The smallest absolute Gasteiger partial charge is 0.132 e. The summed E-state index contributed by atoms with van der Waals surface area (Å²) >= 11 is 0. The summed E-state index contributed by atoms with van der Waals surface area (Å²) in [6.07, 6.45) is 6.07. The van der Waals surface area contributed by atoms with E-state index in [4.69, 9.17) is 0 Å². The molecule has 5 nitrogen and oxygen atoms in total. The summed E-state index contributed by atoms with van der Waals surface area (Å²) in [6, 6.07) is 2.16. The van der Waals surface area contributed by atoms with Crippen LogP contribution in [0.25, 0.3) is 0 Å². The lowest BCUT2D eigenvalue weighted by Gasteiger charge is -2.29. The molecule has 3 heterocycles. The Kier molecular flexibility index (Phi) is 4.25. The van der Waals surface area contributed by atoms with Crippen LogP contribution in [0.15, 0.2) is 12.4 Å². The predicted molar refractivity (Wildman–Crippen MR) is 95.2 cm³/mol. The Hall–Kier alpha value is -1.20. The molecule has 132 valence electrons. The molecule has 0 spiro atoms. The Balaban J connectivity index is 1.37. The normalized spacial score (nSPS) is 29.6. The molecule has 1 aliphatic carbocycles. The van der Waals surface area contributed by atoms with E-state index >= 15 is 0 Å². The van der Waals surface area contributed by atoms with Crippen LogP contribution in [0.1, 0.15) is 51.1 Å². The number of likely N-dealkylation sites (tertiary alicyclic amines) is 1. The molecule has 2 atom stereocenters. The zero-order chi connectivity index (χ0) is 16.7. The second-order valence-corrected chi connectivity index (χ2v) is 8.51. The van der Waals surface area contributed by atoms with Gasteiger partial charge in [-0.15, -0.1) is 0 Å². The third-order valence-corrected chi connectivity index (χ3v) is 6.20. The molecule has 1 aromatic rings. The molecular formula is C19H30N4O. The van der Waals surface area contributed by atoms with Crippen LogP contribution in [0.2, 0.25) is 0 Å². The molecule has 4 rings (SSSR count). The number of hydrogen-bond acceptors (Lipinski definition) is 5. The van der Waals surface area contributed by atoms with Crippen molar-refractivity contribution >= 4 is 5.82 Å². The molecule has 2 unspecified atom stereocenters. The van der Waals surface area contributed by atoms with Gasteiger partial charge in [-0.1, -0.05) is 26.7 Å². The number of hydrogen-bond donors (Lipinski definition) is 1. The molecule has 2 aliphatic heterocycles. The van der Waals surface area contributed by atoms with Crippen LogP contribution in [-0.4, -0.2) is 58.3 Å². The van der Waals surface area contributed by atoms with Crippen LogP contribution in [0, 0.1) is 11.8 Å². The topological polar surface area (TPSA) is 52.5 Å². The molecule has 2 saturated heterocycles. The summed E-state index contributed by atoms with van der Waals surface area (Å²) < 4.78 is 0. The number of anilines is 1. The highest BCUT2D eigenvalue weighted by Gasteiger charge is 2.43. The first-order chi connectivity index (χ1) is 11.5. The van der Waals surface area contributed by atoms with Crippen molar-refractivity contribution in [3.63, 3.8) is 0 Å². The average molecular weight is 330 g/mol. The van der Waals surface area contributed by atoms with Crippen molar-refractivity contribution in [2.45, 2.75) is 51.0 Å². The minimum Gasteiger partial charge on any atom is -0.389 e. The fraction of sp³-hybridized carbons (Fsp3) is 0.789. The van der Waals surface area contributed by atoms with E-state index < -0.39 is 5.60 Å². The summed E-state index contributed by atoms with van der Waals surface area (Å²) in [6.45, 7) is 9.68. The Morgan fingerprint density at radius 2 is 1.79 bits per heavy atom. The minimum absolute atomic E-state index is 0.406. The molecule has 0 bridgehead atoms. The van der Waals surface area contributed by atoms with Gasteiger partial charge in [0.1, 0.15) is 12.1 Å². The lowest BCUT2D eigenvalue weighted by molar-refractivity contribution is 0.0141. The molecule has 0 amide bonds. The summed E-state index contributed by atoms with van der Waals surface area (Å²) in [5.74, 6) is 2.96. The zero-order valence-electron chi connectivity index (χ0n) is 15.0. The van der Waals surface area contributed by atoms with Gasteiger partial charge in [-0.3, -0.25) is 4.90 Å². The van der Waals surface area contributed by atoms with Crippen LogP contribution < -0.4 is 4.90 Å². The van der Waals surface area contributed by atoms with E-state index in [2.05, 4.69) is 39.7 Å². The number of rotatable bonds is 4. The van der Waals surface area contributed by atoms with Gasteiger partial charge in [0.2, 0.25) is 0 Å². The molecule has 1 N–H and O–H groups in total. The average Bonchev–Trinajstić information content (AvgIpc) is 3.22. The van der Waals surface area contributed by atoms with Gasteiger partial charge in [0, 0.05) is 44.5 Å². The summed E-state index contributed by atoms with van der Waals surface area (Å²) in [5.41, 5.74) is 0.721. The second-order valence-electron chi connectivity index (χ2n) is 8.51. The van der Waals surface area contributed by atoms with Crippen LogP contribution >= 0.6 is 0 Å². The van der Waals surface area contributed by atoms with Crippen LogP contribution in [0.3, 0.4) is 0 Å². The second kappa shape index (κ2) is 6.26. The van der Waals surface area contributed by atoms with Crippen molar-refractivity contribution in [2.24, 2.45) is 11.8 Å². The monoisotopic (exact) mass is 330 g/mol. The fourth-order valence-corrected chi connectivity index (χ4v) is 4.86. The minimum atomic E-state index is -0.406. The predicted octanol–water partition coefficient (Wildman–Crippen LogP) is 2.27. The summed E-state index contributed by atoms with van der Waals surface area (Å²) in [7, 11) is 0. The fourth-order valence-electron chi connectivity index (χ4n) is 4.86. The van der Waals surface area contributed by atoms with E-state index in [-0.39, 0.29) is 0 Å². The SMILES string of the molecule is CC(C)c1cc(N2CC3CN(CC4(O)CCCC4)CC3C2)ncn1. The van der Waals surface area contributed by atoms with Crippen molar-refractivity contribution in [1.29, 1.82) is 0 Å². The Morgan fingerprint density at radius 1 is 1.12 bits per heavy atom. The van der Waals surface area contributed by atoms with Crippen molar-refractivity contribution in [3.05, 3.63) is 18.1 Å². The van der Waals surface area contributed by atoms with Crippen molar-refractivity contribution in [1.82, 2.24) is 14.9 Å². The van der Waals surface area contributed by atoms with E-state index in [1.807, 2.05) is 0 Å². The third-order valence-electron chi connectivity index (χ3n) is 6.20. The van der Waals surface area contributed by atoms with Gasteiger partial charge in [-0.05, 0) is 30.6 Å². The third kappa shape index (κ3) is 3.16. The lowest BCUT2D eigenvalue weighted by Crippen LogP contribution is -2.41. The summed E-state index contributed by atoms with van der Waals surface area (Å²) in [5, 5.41) is 10.7. The molecule has 0 aromatic carbocycles. The Bertz CT molecular complexity index is 570. The molecule has 1 saturated carbocycles. The standard InChI is InChI=1S/C19H30N4O/c1-14(2)17-7-18(21-13-20-17)23-10-15-8-22(9-16(15)11-23)12-19(24)5-3-4-6-19/h7,13-16,24H,3-6,8-12H2,1-2H3. The van der Waals surface area contributed by atoms with Crippen molar-refractivity contribution < 1.29 is 5.11 Å². The van der Waals surface area contributed by atoms with E-state index in [9.17, 15) is 5.11 Å². The van der Waals surface area contributed by atoms with Gasteiger partial charge < -0.3 is 10.0 Å². The number of aromatic nitrogens is 2. The number of aliphatic hydroxyl groups is 1. The molecule has 3 aliphatic rings. The largest absolute Gasteiger partial charge is 0.389 e. The maximum atomic E-state index is 10.7. The molecule has 1 aromatic heterocycles. The summed E-state index contributed by atoms with van der Waals surface area (Å²) in [4.78, 5) is 13.8. The Morgan fingerprint density at radius 3 is 2.42 bits per heavy atom. The molecule has 5 heteroatoms. The van der Waals surface area contributed by atoms with E-state index in [1.54, 1.807) is 6.33 Å². The van der Waals surface area contributed by atoms with Crippen LogP contribution in [-0.2, 0) is 0 Å². The van der Waals surface area contributed by atoms with Crippen LogP contribution in [0.4, 0.5) is 5.82 Å². The van der Waals surface area contributed by atoms with Gasteiger partial charge in [-0.2, -0.15) is 0 Å². The maximum absolute atomic E-state index is 10.7. The number of β-amino-alcohol motifs (C(OH)–C–C–N with tert-alkyl or cyclic N) is 1. The lowest BCUT2D eigenvalue weighted by atomic mass is 10.0. The first-order valence-electron chi connectivity index (χ1n) is 9.54. The first kappa shape index (κ1) is 16.3.